The van der Waals surface area contributed by atoms with Crippen molar-refractivity contribution in [3.63, 3.8) is 0 Å². The summed E-state index contributed by atoms with van der Waals surface area (Å²) in [5, 5.41) is 3.36. The van der Waals surface area contributed by atoms with Crippen LogP contribution in [-0.2, 0) is 16.0 Å². The monoisotopic (exact) mass is 283 g/mol. The van der Waals surface area contributed by atoms with Gasteiger partial charge in [-0.2, -0.15) is 0 Å². The average molecular weight is 283 g/mol. The second-order valence-electron chi connectivity index (χ2n) is 4.74. The Labute approximate surface area is 122 Å². The lowest BCUT2D eigenvalue weighted by molar-refractivity contribution is 0.131. The molecule has 116 valence electrons. The van der Waals surface area contributed by atoms with E-state index in [-0.39, 0.29) is 0 Å². The SMILES string of the molecule is CCCCOCCCNc1nccn1CCCOCC. The number of imidazole rings is 1. The summed E-state index contributed by atoms with van der Waals surface area (Å²) in [5.74, 6) is 0.940. The van der Waals surface area contributed by atoms with E-state index in [1.807, 2.05) is 19.3 Å². The first-order valence-corrected chi connectivity index (χ1v) is 7.79. The maximum atomic E-state index is 5.53. The molecule has 1 rings (SSSR count). The van der Waals surface area contributed by atoms with E-state index < -0.39 is 0 Å². The van der Waals surface area contributed by atoms with Crippen molar-refractivity contribution in [1.29, 1.82) is 0 Å². The Balaban J connectivity index is 2.09. The highest BCUT2D eigenvalue weighted by atomic mass is 16.5. The summed E-state index contributed by atoms with van der Waals surface area (Å²) >= 11 is 0. The normalized spacial score (nSPS) is 10.9. The van der Waals surface area contributed by atoms with Crippen LogP contribution in [0.25, 0.3) is 0 Å². The number of rotatable bonds is 13. The summed E-state index contributed by atoms with van der Waals surface area (Å²) in [6.45, 7) is 9.32. The van der Waals surface area contributed by atoms with Crippen LogP contribution in [0.4, 0.5) is 5.95 Å². The molecule has 1 N–H and O–H groups in total. The fourth-order valence-corrected chi connectivity index (χ4v) is 1.86. The molecule has 0 amide bonds. The number of hydrogen-bond acceptors (Lipinski definition) is 4. The van der Waals surface area contributed by atoms with Crippen molar-refractivity contribution >= 4 is 5.95 Å². The highest BCUT2D eigenvalue weighted by Gasteiger charge is 2.01. The molecule has 0 unspecified atom stereocenters. The largest absolute Gasteiger partial charge is 0.382 e. The molecule has 0 aromatic carbocycles. The quantitative estimate of drug-likeness (QED) is 0.565. The Hall–Kier alpha value is -1.07. The molecule has 0 bridgehead atoms. The van der Waals surface area contributed by atoms with Crippen LogP contribution in [0.3, 0.4) is 0 Å². The van der Waals surface area contributed by atoms with Crippen molar-refractivity contribution in [2.24, 2.45) is 0 Å². The Morgan fingerprint density at radius 1 is 1.10 bits per heavy atom. The van der Waals surface area contributed by atoms with E-state index in [4.69, 9.17) is 9.47 Å². The minimum atomic E-state index is 0.785. The van der Waals surface area contributed by atoms with Gasteiger partial charge in [-0.15, -0.1) is 0 Å². The first-order chi connectivity index (χ1) is 9.88. The lowest BCUT2D eigenvalue weighted by Gasteiger charge is -2.10. The standard InChI is InChI=1S/C15H29N3O2/c1-3-5-12-20-13-6-8-16-15-17-9-11-18(15)10-7-14-19-4-2/h9,11H,3-8,10,12-14H2,1-2H3,(H,16,17). The van der Waals surface area contributed by atoms with E-state index >= 15 is 0 Å². The third-order valence-corrected chi connectivity index (χ3v) is 3.00. The zero-order valence-electron chi connectivity index (χ0n) is 12.9. The average Bonchev–Trinajstić information content (AvgIpc) is 2.90. The predicted molar refractivity (Wildman–Crippen MR) is 82.2 cm³/mol. The van der Waals surface area contributed by atoms with Crippen LogP contribution in [0.15, 0.2) is 12.4 Å². The van der Waals surface area contributed by atoms with Gasteiger partial charge in [0.15, 0.2) is 0 Å². The molecule has 0 saturated heterocycles. The summed E-state index contributed by atoms with van der Waals surface area (Å²) in [6.07, 6.45) is 8.20. The van der Waals surface area contributed by atoms with Crippen molar-refractivity contribution in [1.82, 2.24) is 9.55 Å². The summed E-state index contributed by atoms with van der Waals surface area (Å²) in [4.78, 5) is 4.33. The molecule has 0 saturated carbocycles. The van der Waals surface area contributed by atoms with Gasteiger partial charge >= 0.3 is 0 Å². The molecule has 20 heavy (non-hydrogen) atoms. The Kier molecular flexibility index (Phi) is 9.96. The van der Waals surface area contributed by atoms with Crippen molar-refractivity contribution in [2.75, 3.05) is 38.3 Å². The van der Waals surface area contributed by atoms with Gasteiger partial charge in [-0.05, 0) is 26.2 Å². The van der Waals surface area contributed by atoms with Gasteiger partial charge in [0.2, 0.25) is 5.95 Å². The molecular formula is C15H29N3O2. The molecule has 0 atom stereocenters. The minimum absolute atomic E-state index is 0.785. The third-order valence-electron chi connectivity index (χ3n) is 3.00. The number of unbranched alkanes of at least 4 members (excludes halogenated alkanes) is 1. The van der Waals surface area contributed by atoms with Crippen molar-refractivity contribution in [3.8, 4) is 0 Å². The van der Waals surface area contributed by atoms with Crippen LogP contribution < -0.4 is 5.32 Å². The van der Waals surface area contributed by atoms with Crippen molar-refractivity contribution in [2.45, 2.75) is 46.1 Å². The first-order valence-electron chi connectivity index (χ1n) is 7.79. The number of ether oxygens (including phenoxy) is 2. The number of nitrogens with one attached hydrogen (secondary N) is 1. The molecule has 1 heterocycles. The lowest BCUT2D eigenvalue weighted by atomic mass is 10.4. The topological polar surface area (TPSA) is 48.3 Å². The van der Waals surface area contributed by atoms with Gasteiger partial charge in [-0.1, -0.05) is 13.3 Å². The summed E-state index contributed by atoms with van der Waals surface area (Å²) in [5.41, 5.74) is 0. The van der Waals surface area contributed by atoms with Gasteiger partial charge in [0, 0.05) is 51.9 Å². The van der Waals surface area contributed by atoms with Crippen molar-refractivity contribution in [3.05, 3.63) is 12.4 Å². The van der Waals surface area contributed by atoms with Gasteiger partial charge < -0.3 is 19.4 Å². The fourth-order valence-electron chi connectivity index (χ4n) is 1.86. The Morgan fingerprint density at radius 3 is 2.70 bits per heavy atom. The second-order valence-corrected chi connectivity index (χ2v) is 4.74. The van der Waals surface area contributed by atoms with Gasteiger partial charge in [-0.25, -0.2) is 4.98 Å². The molecule has 0 aliphatic rings. The zero-order chi connectivity index (χ0) is 14.5. The molecule has 0 fully saturated rings. The number of nitrogens with zero attached hydrogens (tertiary/aromatic N) is 2. The number of aromatic nitrogens is 2. The van der Waals surface area contributed by atoms with Crippen LogP contribution >= 0.6 is 0 Å². The summed E-state index contributed by atoms with van der Waals surface area (Å²) < 4.78 is 13.0. The molecule has 5 nitrogen and oxygen atoms in total. The first kappa shape index (κ1) is 17.0. The highest BCUT2D eigenvalue weighted by molar-refractivity contribution is 5.25. The van der Waals surface area contributed by atoms with Crippen LogP contribution in [0.5, 0.6) is 0 Å². The third kappa shape index (κ3) is 7.50. The molecule has 0 radical (unpaired) electrons. The fraction of sp³-hybridized carbons (Fsp3) is 0.800. The molecule has 0 spiro atoms. The molecule has 5 heteroatoms. The summed E-state index contributed by atoms with van der Waals surface area (Å²) in [6, 6.07) is 0. The number of hydrogen-bond donors (Lipinski definition) is 1. The second kappa shape index (κ2) is 11.7. The maximum Gasteiger partial charge on any atom is 0.202 e. The predicted octanol–water partition coefficient (Wildman–Crippen LogP) is 2.93. The van der Waals surface area contributed by atoms with Crippen LogP contribution in [0.2, 0.25) is 0 Å². The van der Waals surface area contributed by atoms with E-state index in [1.54, 1.807) is 0 Å². The van der Waals surface area contributed by atoms with E-state index in [0.717, 1.165) is 64.7 Å². The Bertz CT molecular complexity index is 329. The van der Waals surface area contributed by atoms with Gasteiger partial charge in [0.05, 0.1) is 0 Å². The van der Waals surface area contributed by atoms with Crippen LogP contribution in [0, 0.1) is 0 Å². The lowest BCUT2D eigenvalue weighted by Crippen LogP contribution is -2.11. The molecular weight excluding hydrogens is 254 g/mol. The minimum Gasteiger partial charge on any atom is -0.382 e. The van der Waals surface area contributed by atoms with E-state index in [9.17, 15) is 0 Å². The smallest absolute Gasteiger partial charge is 0.202 e. The summed E-state index contributed by atoms with van der Waals surface area (Å²) in [7, 11) is 0. The highest BCUT2D eigenvalue weighted by Crippen LogP contribution is 2.05. The number of anilines is 1. The number of aryl methyl sites for hydroxylation is 1. The van der Waals surface area contributed by atoms with Gasteiger partial charge in [-0.3, -0.25) is 0 Å². The van der Waals surface area contributed by atoms with Crippen LogP contribution in [-0.4, -0.2) is 42.5 Å². The molecule has 0 aliphatic heterocycles. The van der Waals surface area contributed by atoms with E-state index in [1.165, 1.54) is 6.42 Å². The molecule has 1 aromatic rings. The van der Waals surface area contributed by atoms with E-state index in [0.29, 0.717) is 0 Å². The Morgan fingerprint density at radius 2 is 1.90 bits per heavy atom. The van der Waals surface area contributed by atoms with Gasteiger partial charge in [0.25, 0.3) is 0 Å². The molecule has 0 aliphatic carbocycles. The van der Waals surface area contributed by atoms with E-state index in [2.05, 4.69) is 21.8 Å². The van der Waals surface area contributed by atoms with Crippen molar-refractivity contribution < 1.29 is 9.47 Å². The van der Waals surface area contributed by atoms with Gasteiger partial charge in [0.1, 0.15) is 0 Å². The zero-order valence-corrected chi connectivity index (χ0v) is 12.9. The van der Waals surface area contributed by atoms with Crippen LogP contribution in [0.1, 0.15) is 39.5 Å². The maximum absolute atomic E-state index is 5.53. The molecule has 1 aromatic heterocycles.